The molecule has 2 rings (SSSR count). The number of rotatable bonds is 4. The first-order valence-corrected chi connectivity index (χ1v) is 6.61. The van der Waals surface area contributed by atoms with E-state index >= 15 is 0 Å². The van der Waals surface area contributed by atoms with Crippen molar-refractivity contribution >= 4 is 11.6 Å². The van der Waals surface area contributed by atoms with Crippen LogP contribution in [0.4, 0.5) is 0 Å². The predicted molar refractivity (Wildman–Crippen MR) is 72.1 cm³/mol. The van der Waals surface area contributed by atoms with Gasteiger partial charge in [0.05, 0.1) is 0 Å². The molecule has 0 radical (unpaired) electrons. The van der Waals surface area contributed by atoms with Crippen LogP contribution >= 0.6 is 11.6 Å². The third kappa shape index (κ3) is 3.14. The van der Waals surface area contributed by atoms with Gasteiger partial charge in [0.15, 0.2) is 0 Å². The second-order valence-corrected chi connectivity index (χ2v) is 5.72. The highest BCUT2D eigenvalue weighted by molar-refractivity contribution is 6.18. The predicted octanol–water partition coefficient (Wildman–Crippen LogP) is 2.91. The van der Waals surface area contributed by atoms with Crippen LogP contribution in [-0.4, -0.2) is 24.1 Å². The molecule has 1 unspecified atom stereocenters. The smallest absolute Gasteiger partial charge is 0.123 e. The zero-order chi connectivity index (χ0) is 12.5. The van der Waals surface area contributed by atoms with Crippen LogP contribution in [0.25, 0.3) is 0 Å². The lowest BCUT2D eigenvalue weighted by Gasteiger charge is -2.25. The van der Waals surface area contributed by atoms with E-state index in [1.54, 1.807) is 0 Å². The number of nitrogens with one attached hydrogen (secondary N) is 1. The van der Waals surface area contributed by atoms with Crippen molar-refractivity contribution < 1.29 is 4.74 Å². The zero-order valence-electron chi connectivity index (χ0n) is 10.7. The fourth-order valence-electron chi connectivity index (χ4n) is 2.00. The van der Waals surface area contributed by atoms with Crippen molar-refractivity contribution in [2.75, 3.05) is 12.4 Å². The minimum absolute atomic E-state index is 0.0321. The Morgan fingerprint density at radius 2 is 2.24 bits per heavy atom. The van der Waals surface area contributed by atoms with Gasteiger partial charge in [0.1, 0.15) is 11.9 Å². The third-order valence-electron chi connectivity index (χ3n) is 3.10. The Bertz CT molecular complexity index is 403. The van der Waals surface area contributed by atoms with E-state index in [2.05, 4.69) is 44.3 Å². The summed E-state index contributed by atoms with van der Waals surface area (Å²) >= 11 is 5.89. The van der Waals surface area contributed by atoms with Gasteiger partial charge in [-0.15, -0.1) is 11.6 Å². The minimum Gasteiger partial charge on any atom is -0.488 e. The molecule has 0 saturated carbocycles. The van der Waals surface area contributed by atoms with E-state index < -0.39 is 0 Å². The molecule has 2 nitrogen and oxygen atoms in total. The SMILES string of the molecule is Cc1ccc2c(c1)CC(CNC(C)(C)CCl)O2. The molecule has 1 atom stereocenters. The van der Waals surface area contributed by atoms with Gasteiger partial charge in [0, 0.05) is 24.4 Å². The standard InChI is InChI=1S/C14H20ClNO/c1-10-4-5-13-11(6-10)7-12(17-13)8-16-14(2,3)9-15/h4-6,12,16H,7-9H2,1-3H3. The molecule has 0 spiro atoms. The van der Waals surface area contributed by atoms with Crippen molar-refractivity contribution in [3.63, 3.8) is 0 Å². The summed E-state index contributed by atoms with van der Waals surface area (Å²) in [7, 11) is 0. The molecular formula is C14H20ClNO. The van der Waals surface area contributed by atoms with Gasteiger partial charge in [0.25, 0.3) is 0 Å². The first-order chi connectivity index (χ1) is 8.00. The average molecular weight is 254 g/mol. The van der Waals surface area contributed by atoms with E-state index in [1.165, 1.54) is 11.1 Å². The highest BCUT2D eigenvalue weighted by Gasteiger charge is 2.25. The Hall–Kier alpha value is -0.730. The van der Waals surface area contributed by atoms with Crippen LogP contribution < -0.4 is 10.1 Å². The molecule has 0 fully saturated rings. The zero-order valence-corrected chi connectivity index (χ0v) is 11.5. The Balaban J connectivity index is 1.92. The molecule has 1 aromatic rings. The van der Waals surface area contributed by atoms with Gasteiger partial charge < -0.3 is 10.1 Å². The molecule has 1 heterocycles. The number of alkyl halides is 1. The Morgan fingerprint density at radius 3 is 2.94 bits per heavy atom. The first kappa shape index (κ1) is 12.7. The van der Waals surface area contributed by atoms with Crippen molar-refractivity contribution in [3.05, 3.63) is 29.3 Å². The Labute approximate surface area is 108 Å². The fraction of sp³-hybridized carbons (Fsp3) is 0.571. The van der Waals surface area contributed by atoms with Crippen molar-refractivity contribution in [2.45, 2.75) is 38.8 Å². The van der Waals surface area contributed by atoms with Gasteiger partial charge in [0.2, 0.25) is 0 Å². The topological polar surface area (TPSA) is 21.3 Å². The Kier molecular flexibility index (Phi) is 3.64. The summed E-state index contributed by atoms with van der Waals surface area (Å²) in [6, 6.07) is 6.37. The lowest BCUT2D eigenvalue weighted by Crippen LogP contribution is -2.45. The molecule has 3 heteroatoms. The maximum atomic E-state index is 5.90. The highest BCUT2D eigenvalue weighted by Crippen LogP contribution is 2.29. The number of fused-ring (bicyclic) bond motifs is 1. The largest absolute Gasteiger partial charge is 0.488 e. The lowest BCUT2D eigenvalue weighted by atomic mass is 10.1. The Morgan fingerprint density at radius 1 is 1.47 bits per heavy atom. The van der Waals surface area contributed by atoms with Crippen LogP contribution in [0.15, 0.2) is 18.2 Å². The van der Waals surface area contributed by atoms with Gasteiger partial charge >= 0.3 is 0 Å². The highest BCUT2D eigenvalue weighted by atomic mass is 35.5. The second kappa shape index (κ2) is 4.87. The van der Waals surface area contributed by atoms with E-state index in [4.69, 9.17) is 16.3 Å². The van der Waals surface area contributed by atoms with Gasteiger partial charge in [-0.25, -0.2) is 0 Å². The van der Waals surface area contributed by atoms with Crippen molar-refractivity contribution in [3.8, 4) is 5.75 Å². The minimum atomic E-state index is -0.0321. The number of benzene rings is 1. The molecule has 0 aromatic heterocycles. The number of ether oxygens (including phenoxy) is 1. The first-order valence-electron chi connectivity index (χ1n) is 6.07. The number of halogens is 1. The number of hydrogen-bond acceptors (Lipinski definition) is 2. The molecule has 0 saturated heterocycles. The third-order valence-corrected chi connectivity index (χ3v) is 3.77. The summed E-state index contributed by atoms with van der Waals surface area (Å²) in [5.74, 6) is 1.64. The van der Waals surface area contributed by atoms with Crippen LogP contribution in [0, 0.1) is 6.92 Å². The van der Waals surface area contributed by atoms with Gasteiger partial charge in [-0.1, -0.05) is 17.7 Å². The lowest BCUT2D eigenvalue weighted by molar-refractivity contribution is 0.213. The van der Waals surface area contributed by atoms with Crippen LogP contribution in [-0.2, 0) is 6.42 Å². The molecular weight excluding hydrogens is 234 g/mol. The average Bonchev–Trinajstić information content (AvgIpc) is 2.68. The maximum absolute atomic E-state index is 5.90. The van der Waals surface area contributed by atoms with Crippen LogP contribution in [0.2, 0.25) is 0 Å². The summed E-state index contributed by atoms with van der Waals surface area (Å²) in [5, 5.41) is 3.44. The van der Waals surface area contributed by atoms with Crippen molar-refractivity contribution in [1.82, 2.24) is 5.32 Å². The van der Waals surface area contributed by atoms with Crippen LogP contribution in [0.1, 0.15) is 25.0 Å². The second-order valence-electron chi connectivity index (χ2n) is 5.45. The van der Waals surface area contributed by atoms with Gasteiger partial charge in [-0.05, 0) is 32.4 Å². The summed E-state index contributed by atoms with van der Waals surface area (Å²) in [6.45, 7) is 7.16. The molecule has 1 N–H and O–H groups in total. The van der Waals surface area contributed by atoms with E-state index in [0.29, 0.717) is 5.88 Å². The molecule has 94 valence electrons. The molecule has 1 aliphatic rings. The molecule has 1 aliphatic heterocycles. The molecule has 0 bridgehead atoms. The molecule has 17 heavy (non-hydrogen) atoms. The molecule has 0 aliphatic carbocycles. The summed E-state index contributed by atoms with van der Waals surface area (Å²) in [5.41, 5.74) is 2.58. The molecule has 1 aromatic carbocycles. The summed E-state index contributed by atoms with van der Waals surface area (Å²) in [6.07, 6.45) is 1.22. The van der Waals surface area contributed by atoms with Crippen molar-refractivity contribution in [1.29, 1.82) is 0 Å². The maximum Gasteiger partial charge on any atom is 0.123 e. The van der Waals surface area contributed by atoms with E-state index in [9.17, 15) is 0 Å². The van der Waals surface area contributed by atoms with E-state index in [0.717, 1.165) is 18.7 Å². The van der Waals surface area contributed by atoms with Crippen molar-refractivity contribution in [2.24, 2.45) is 0 Å². The van der Waals surface area contributed by atoms with Gasteiger partial charge in [-0.3, -0.25) is 0 Å². The number of hydrogen-bond donors (Lipinski definition) is 1. The number of aryl methyl sites for hydroxylation is 1. The normalized spacial score (nSPS) is 18.9. The summed E-state index contributed by atoms with van der Waals surface area (Å²) in [4.78, 5) is 0. The van der Waals surface area contributed by atoms with E-state index in [1.807, 2.05) is 0 Å². The molecule has 0 amide bonds. The fourth-order valence-corrected chi connectivity index (χ4v) is 2.09. The van der Waals surface area contributed by atoms with Gasteiger partial charge in [-0.2, -0.15) is 0 Å². The quantitative estimate of drug-likeness (QED) is 0.834. The van der Waals surface area contributed by atoms with Crippen LogP contribution in [0.5, 0.6) is 5.75 Å². The van der Waals surface area contributed by atoms with E-state index in [-0.39, 0.29) is 11.6 Å². The summed E-state index contributed by atoms with van der Waals surface area (Å²) < 4.78 is 5.90. The van der Waals surface area contributed by atoms with Crippen LogP contribution in [0.3, 0.4) is 0 Å². The monoisotopic (exact) mass is 253 g/mol.